The van der Waals surface area contributed by atoms with Gasteiger partial charge in [0, 0.05) is 34.3 Å². The topological polar surface area (TPSA) is 95.9 Å². The molecule has 0 aromatic heterocycles. The fourth-order valence-electron chi connectivity index (χ4n) is 4.53. The number of carbonyl (C=O) groups excluding carboxylic acids is 2. The van der Waals surface area contributed by atoms with Gasteiger partial charge in [-0.05, 0) is 54.1 Å². The maximum absolute atomic E-state index is 13.5. The normalized spacial score (nSPS) is 11.8. The Morgan fingerprint density at radius 3 is 2.12 bits per heavy atom. The molecular weight excluding hydrogens is 547 g/mol. The summed E-state index contributed by atoms with van der Waals surface area (Å²) in [4.78, 5) is 39.9. The third kappa shape index (κ3) is 8.29. The lowest BCUT2D eigenvalue weighted by atomic mass is 9.94. The zero-order chi connectivity index (χ0) is 31.0. The highest BCUT2D eigenvalue weighted by Gasteiger charge is 2.28. The summed E-state index contributed by atoms with van der Waals surface area (Å²) >= 11 is 0. The molecule has 222 valence electrons. The van der Waals surface area contributed by atoms with Crippen molar-refractivity contribution in [2.24, 2.45) is 5.41 Å². The predicted octanol–water partition coefficient (Wildman–Crippen LogP) is 6.62. The Labute approximate surface area is 250 Å². The van der Waals surface area contributed by atoms with E-state index in [-0.39, 0.29) is 37.1 Å². The third-order valence-electron chi connectivity index (χ3n) is 6.81. The number of hydrogen-bond acceptors (Lipinski definition) is 5. The monoisotopic (exact) mass is 582 g/mol. The van der Waals surface area contributed by atoms with Crippen LogP contribution in [0.15, 0.2) is 103 Å². The van der Waals surface area contributed by atoms with Gasteiger partial charge in [0.1, 0.15) is 24.2 Å². The lowest BCUT2D eigenvalue weighted by Crippen LogP contribution is -2.41. The molecule has 7 nitrogen and oxygen atoms in total. The van der Waals surface area contributed by atoms with E-state index in [4.69, 9.17) is 4.74 Å². The first kappa shape index (κ1) is 31.0. The summed E-state index contributed by atoms with van der Waals surface area (Å²) in [6, 6.07) is 27.5. The van der Waals surface area contributed by atoms with E-state index in [1.807, 2.05) is 26.8 Å². The number of nitrogens with zero attached hydrogens (tertiary/aromatic N) is 1. The first-order chi connectivity index (χ1) is 20.5. The minimum atomic E-state index is -1.05. The molecular formula is C35H35FN2O5. The molecule has 0 radical (unpaired) electrons. The number of hydrogen-bond donors (Lipinski definition) is 2. The van der Waals surface area contributed by atoms with Crippen LogP contribution in [0.4, 0.5) is 15.8 Å². The lowest BCUT2D eigenvalue weighted by molar-refractivity contribution is -0.137. The lowest BCUT2D eigenvalue weighted by Gasteiger charge is -2.29. The molecule has 4 aromatic carbocycles. The summed E-state index contributed by atoms with van der Waals surface area (Å²) in [5, 5.41) is 13.0. The Morgan fingerprint density at radius 2 is 1.49 bits per heavy atom. The van der Waals surface area contributed by atoms with Crippen LogP contribution >= 0.6 is 0 Å². The van der Waals surface area contributed by atoms with Crippen molar-refractivity contribution in [2.45, 2.75) is 33.2 Å². The van der Waals surface area contributed by atoms with Crippen molar-refractivity contribution in [1.29, 1.82) is 0 Å². The second kappa shape index (κ2) is 13.8. The molecule has 1 atom stereocenters. The number of ketones is 1. The highest BCUT2D eigenvalue weighted by Crippen LogP contribution is 2.25. The van der Waals surface area contributed by atoms with Gasteiger partial charge in [0.15, 0.2) is 5.78 Å². The van der Waals surface area contributed by atoms with Crippen LogP contribution in [-0.2, 0) is 16.0 Å². The van der Waals surface area contributed by atoms with Crippen LogP contribution in [0.5, 0.6) is 5.75 Å². The van der Waals surface area contributed by atoms with E-state index in [9.17, 15) is 23.9 Å². The summed E-state index contributed by atoms with van der Waals surface area (Å²) in [5.41, 5.74) is 2.06. The number of ether oxygens (including phenoxy) is 1. The van der Waals surface area contributed by atoms with Crippen LogP contribution in [0.3, 0.4) is 0 Å². The zero-order valence-electron chi connectivity index (χ0n) is 24.4. The van der Waals surface area contributed by atoms with Crippen LogP contribution < -0.4 is 15.0 Å². The van der Waals surface area contributed by atoms with Gasteiger partial charge in [-0.2, -0.15) is 0 Å². The van der Waals surface area contributed by atoms with Gasteiger partial charge in [-0.3, -0.25) is 9.59 Å². The van der Waals surface area contributed by atoms with Crippen molar-refractivity contribution in [3.8, 4) is 5.75 Å². The molecule has 0 saturated heterocycles. The molecule has 2 N–H and O–H groups in total. The number of nitrogens with one attached hydrogen (secondary N) is 1. The van der Waals surface area contributed by atoms with Gasteiger partial charge in [0.05, 0.1) is 6.54 Å². The number of carboxylic acids is 1. The summed E-state index contributed by atoms with van der Waals surface area (Å²) in [7, 11) is 0. The molecule has 0 aliphatic rings. The summed E-state index contributed by atoms with van der Waals surface area (Å²) in [6.45, 7) is 5.93. The SMILES string of the molecule is CC(C)(C)C(=O)N(CCOc1ccc(C[C@H](Nc2ccccc2C(=O)c2ccccc2)C(=O)O)cc1)c1ccc(F)cc1. The van der Waals surface area contributed by atoms with Crippen molar-refractivity contribution in [3.63, 3.8) is 0 Å². The molecule has 1 amide bonds. The van der Waals surface area contributed by atoms with E-state index in [1.54, 1.807) is 89.8 Å². The van der Waals surface area contributed by atoms with E-state index < -0.39 is 17.4 Å². The van der Waals surface area contributed by atoms with Gasteiger partial charge in [-0.15, -0.1) is 0 Å². The number of halogens is 1. The van der Waals surface area contributed by atoms with E-state index in [0.29, 0.717) is 28.3 Å². The molecule has 0 spiro atoms. The summed E-state index contributed by atoms with van der Waals surface area (Å²) < 4.78 is 19.4. The first-order valence-electron chi connectivity index (χ1n) is 14.0. The number of carboxylic acid groups (broad SMARTS) is 1. The van der Waals surface area contributed by atoms with E-state index in [0.717, 1.165) is 5.56 Å². The number of anilines is 2. The molecule has 0 bridgehead atoms. The average molecular weight is 583 g/mol. The van der Waals surface area contributed by atoms with Crippen molar-refractivity contribution in [2.75, 3.05) is 23.4 Å². The largest absolute Gasteiger partial charge is 0.492 e. The van der Waals surface area contributed by atoms with Crippen molar-refractivity contribution >= 4 is 29.0 Å². The maximum Gasteiger partial charge on any atom is 0.326 e. The molecule has 43 heavy (non-hydrogen) atoms. The number of benzene rings is 4. The van der Waals surface area contributed by atoms with Crippen LogP contribution in [0, 0.1) is 11.2 Å². The molecule has 0 saturated carbocycles. The molecule has 4 aromatic rings. The van der Waals surface area contributed by atoms with Crippen LogP contribution in [0.2, 0.25) is 0 Å². The van der Waals surface area contributed by atoms with Crippen LogP contribution in [0.25, 0.3) is 0 Å². The minimum absolute atomic E-state index is 0.114. The van der Waals surface area contributed by atoms with Gasteiger partial charge in [-0.25, -0.2) is 9.18 Å². The highest BCUT2D eigenvalue weighted by atomic mass is 19.1. The number of carbonyl (C=O) groups is 3. The van der Waals surface area contributed by atoms with Crippen molar-refractivity contribution in [3.05, 3.63) is 126 Å². The second-order valence-corrected chi connectivity index (χ2v) is 11.2. The molecule has 0 unspecified atom stereocenters. The molecule has 0 aliphatic carbocycles. The van der Waals surface area contributed by atoms with Gasteiger partial charge in [0.25, 0.3) is 0 Å². The van der Waals surface area contributed by atoms with Crippen LogP contribution in [-0.4, -0.2) is 42.0 Å². The van der Waals surface area contributed by atoms with Crippen molar-refractivity contribution in [1.82, 2.24) is 0 Å². The van der Waals surface area contributed by atoms with E-state index in [1.165, 1.54) is 12.1 Å². The molecule has 4 rings (SSSR count). The fraction of sp³-hybridized carbons (Fsp3) is 0.229. The Morgan fingerprint density at radius 1 is 0.860 bits per heavy atom. The summed E-state index contributed by atoms with van der Waals surface area (Å²) in [6.07, 6.45) is 0.169. The minimum Gasteiger partial charge on any atom is -0.492 e. The molecule has 0 heterocycles. The zero-order valence-corrected chi connectivity index (χ0v) is 24.4. The van der Waals surface area contributed by atoms with Gasteiger partial charge < -0.3 is 20.1 Å². The van der Waals surface area contributed by atoms with Gasteiger partial charge >= 0.3 is 5.97 Å². The highest BCUT2D eigenvalue weighted by molar-refractivity contribution is 6.12. The third-order valence-corrected chi connectivity index (χ3v) is 6.81. The Kier molecular flexibility index (Phi) is 9.93. The second-order valence-electron chi connectivity index (χ2n) is 11.2. The Balaban J connectivity index is 1.40. The number of rotatable bonds is 12. The summed E-state index contributed by atoms with van der Waals surface area (Å²) in [5.74, 6) is -1.18. The number of aliphatic carboxylic acids is 1. The molecule has 8 heteroatoms. The molecule has 0 aliphatic heterocycles. The van der Waals surface area contributed by atoms with Gasteiger partial charge in [0.2, 0.25) is 5.91 Å². The standard InChI is InChI=1S/C35H35FN2O5/c1-35(2,3)34(42)38(27-17-15-26(36)16-18-27)21-22-43-28-19-13-24(14-20-28)23-31(33(40)41)37-30-12-8-7-11-29(30)32(39)25-9-5-4-6-10-25/h4-20,31,37H,21-23H2,1-3H3,(H,40,41)/t31-/m0/s1. The maximum atomic E-state index is 13.5. The number of amides is 1. The number of para-hydroxylation sites is 1. The first-order valence-corrected chi connectivity index (χ1v) is 14.0. The van der Waals surface area contributed by atoms with Crippen LogP contribution in [0.1, 0.15) is 42.3 Å². The average Bonchev–Trinajstić information content (AvgIpc) is 3.00. The Hall–Kier alpha value is -4.98. The Bertz CT molecular complexity index is 1550. The van der Waals surface area contributed by atoms with E-state index in [2.05, 4.69) is 5.32 Å². The van der Waals surface area contributed by atoms with E-state index >= 15 is 0 Å². The fourth-order valence-corrected chi connectivity index (χ4v) is 4.53. The quantitative estimate of drug-likeness (QED) is 0.182. The van der Waals surface area contributed by atoms with Gasteiger partial charge in [-0.1, -0.05) is 75.4 Å². The van der Waals surface area contributed by atoms with Crippen molar-refractivity contribution < 1.29 is 28.6 Å². The predicted molar refractivity (Wildman–Crippen MR) is 165 cm³/mol. The molecule has 0 fully saturated rings. The smallest absolute Gasteiger partial charge is 0.326 e.